The van der Waals surface area contributed by atoms with E-state index < -0.39 is 6.10 Å². The van der Waals surface area contributed by atoms with E-state index in [1.54, 1.807) is 11.0 Å². The topological polar surface area (TPSA) is 66.7 Å². The van der Waals surface area contributed by atoms with Crippen LogP contribution in [0.15, 0.2) is 61.2 Å². The average Bonchev–Trinajstić information content (AvgIpc) is 3.29. The summed E-state index contributed by atoms with van der Waals surface area (Å²) in [4.78, 5) is 8.38. The summed E-state index contributed by atoms with van der Waals surface area (Å²) in [5, 5.41) is 14.4. The Labute approximate surface area is 169 Å². The molecule has 1 N–H and O–H groups in total. The van der Waals surface area contributed by atoms with E-state index in [0.29, 0.717) is 12.3 Å². The number of β-amino-alcohol motifs (C(OH)–C–C–N with tert-alkyl or cyclic N) is 1. The zero-order valence-electron chi connectivity index (χ0n) is 16.1. The quantitative estimate of drug-likeness (QED) is 0.658. The van der Waals surface area contributed by atoms with Crippen molar-refractivity contribution in [2.45, 2.75) is 6.10 Å². The lowest BCUT2D eigenvalue weighted by molar-refractivity contribution is 0.0663. The van der Waals surface area contributed by atoms with Gasteiger partial charge in [-0.2, -0.15) is 5.10 Å². The molecule has 29 heavy (non-hydrogen) atoms. The molecule has 3 aromatic rings. The van der Waals surface area contributed by atoms with Gasteiger partial charge < -0.3 is 14.7 Å². The Morgan fingerprint density at radius 3 is 2.31 bits per heavy atom. The number of hydrogen-bond donors (Lipinski definition) is 1. The molecule has 0 bridgehead atoms. The molecular formula is C21H24FN5O2. The van der Waals surface area contributed by atoms with Gasteiger partial charge in [0.15, 0.2) is 0 Å². The summed E-state index contributed by atoms with van der Waals surface area (Å²) >= 11 is 0. The summed E-state index contributed by atoms with van der Waals surface area (Å²) in [6, 6.07) is 14.1. The molecule has 1 fully saturated rings. The molecular weight excluding hydrogens is 373 g/mol. The molecule has 4 rings (SSSR count). The van der Waals surface area contributed by atoms with Gasteiger partial charge in [0.05, 0.1) is 5.69 Å². The van der Waals surface area contributed by atoms with Gasteiger partial charge in [-0.15, -0.1) is 0 Å². The molecule has 1 aliphatic heterocycles. The number of ether oxygens (including phenoxy) is 1. The Morgan fingerprint density at radius 2 is 1.66 bits per heavy atom. The summed E-state index contributed by atoms with van der Waals surface area (Å²) in [7, 11) is 0. The minimum Gasteiger partial charge on any atom is -0.491 e. The van der Waals surface area contributed by atoms with Crippen LogP contribution >= 0.6 is 0 Å². The number of piperazine rings is 1. The van der Waals surface area contributed by atoms with Crippen LogP contribution in [0.3, 0.4) is 0 Å². The SMILES string of the molecule is OC(COc1ccc(-n2cncn2)cc1)CN1CCN(c2ccc(F)cc2)CC1. The first-order valence-corrected chi connectivity index (χ1v) is 9.66. The van der Waals surface area contributed by atoms with E-state index in [0.717, 1.165) is 37.6 Å². The molecule has 2 heterocycles. The second-order valence-electron chi connectivity index (χ2n) is 7.06. The van der Waals surface area contributed by atoms with E-state index in [1.165, 1.54) is 18.5 Å². The summed E-state index contributed by atoms with van der Waals surface area (Å²) in [5.74, 6) is 0.484. The van der Waals surface area contributed by atoms with E-state index in [2.05, 4.69) is 19.9 Å². The maximum absolute atomic E-state index is 13.1. The third-order valence-electron chi connectivity index (χ3n) is 5.00. The van der Waals surface area contributed by atoms with Gasteiger partial charge >= 0.3 is 0 Å². The van der Waals surface area contributed by atoms with Gasteiger partial charge in [0.25, 0.3) is 0 Å². The summed E-state index contributed by atoms with van der Waals surface area (Å²) in [6.07, 6.45) is 2.55. The first kappa shape index (κ1) is 19.4. The predicted octanol–water partition coefficient (Wildman–Crippen LogP) is 1.97. The second-order valence-corrected chi connectivity index (χ2v) is 7.06. The summed E-state index contributed by atoms with van der Waals surface area (Å²) < 4.78 is 20.5. The largest absolute Gasteiger partial charge is 0.491 e. The fourth-order valence-corrected chi connectivity index (χ4v) is 3.42. The van der Waals surface area contributed by atoms with Crippen molar-refractivity contribution in [3.63, 3.8) is 0 Å². The summed E-state index contributed by atoms with van der Waals surface area (Å²) in [5.41, 5.74) is 1.93. The van der Waals surface area contributed by atoms with E-state index in [9.17, 15) is 9.50 Å². The maximum Gasteiger partial charge on any atom is 0.138 e. The fraction of sp³-hybridized carbons (Fsp3) is 0.333. The van der Waals surface area contributed by atoms with Crippen molar-refractivity contribution in [2.24, 2.45) is 0 Å². The molecule has 1 aliphatic rings. The van der Waals surface area contributed by atoms with E-state index in [4.69, 9.17) is 4.74 Å². The van der Waals surface area contributed by atoms with Crippen molar-refractivity contribution < 1.29 is 14.2 Å². The highest BCUT2D eigenvalue weighted by atomic mass is 19.1. The highest BCUT2D eigenvalue weighted by Gasteiger charge is 2.19. The molecule has 0 aliphatic carbocycles. The van der Waals surface area contributed by atoms with Gasteiger partial charge in [0, 0.05) is 38.4 Å². The number of rotatable bonds is 7. The molecule has 0 amide bonds. The zero-order valence-corrected chi connectivity index (χ0v) is 16.1. The van der Waals surface area contributed by atoms with Gasteiger partial charge in [-0.3, -0.25) is 4.90 Å². The van der Waals surface area contributed by atoms with Crippen LogP contribution in [0.2, 0.25) is 0 Å². The van der Waals surface area contributed by atoms with Crippen LogP contribution in [0.4, 0.5) is 10.1 Å². The Balaban J connectivity index is 1.20. The predicted molar refractivity (Wildman–Crippen MR) is 108 cm³/mol. The Kier molecular flexibility index (Phi) is 6.02. The molecule has 0 saturated carbocycles. The minimum atomic E-state index is -0.567. The third kappa shape index (κ3) is 5.10. The number of benzene rings is 2. The van der Waals surface area contributed by atoms with Crippen molar-refractivity contribution in [2.75, 3.05) is 44.2 Å². The van der Waals surface area contributed by atoms with Crippen LogP contribution in [-0.4, -0.2) is 70.2 Å². The first-order chi connectivity index (χ1) is 14.2. The highest BCUT2D eigenvalue weighted by molar-refractivity contribution is 5.46. The van der Waals surface area contributed by atoms with Gasteiger partial charge in [0.2, 0.25) is 0 Å². The molecule has 1 saturated heterocycles. The van der Waals surface area contributed by atoms with Crippen LogP contribution < -0.4 is 9.64 Å². The van der Waals surface area contributed by atoms with Gasteiger partial charge in [-0.05, 0) is 48.5 Å². The second kappa shape index (κ2) is 9.02. The number of aliphatic hydroxyl groups is 1. The molecule has 8 heteroatoms. The molecule has 1 aromatic heterocycles. The lowest BCUT2D eigenvalue weighted by Gasteiger charge is -2.36. The first-order valence-electron chi connectivity index (χ1n) is 9.66. The van der Waals surface area contributed by atoms with Crippen LogP contribution in [0.25, 0.3) is 5.69 Å². The standard InChI is InChI=1S/C21H24FN5O2/c22-17-1-3-18(4-2-17)26-11-9-25(10-12-26)13-20(28)14-29-21-7-5-19(6-8-21)27-16-23-15-24-27/h1-8,15-16,20,28H,9-14H2. The van der Waals surface area contributed by atoms with E-state index >= 15 is 0 Å². The molecule has 152 valence electrons. The molecule has 7 nitrogen and oxygen atoms in total. The average molecular weight is 397 g/mol. The number of aliphatic hydroxyl groups excluding tert-OH is 1. The Bertz CT molecular complexity index is 878. The third-order valence-corrected chi connectivity index (χ3v) is 5.00. The lowest BCUT2D eigenvalue weighted by Crippen LogP contribution is -2.49. The Morgan fingerprint density at radius 1 is 0.966 bits per heavy atom. The summed E-state index contributed by atoms with van der Waals surface area (Å²) in [6.45, 7) is 4.20. The van der Waals surface area contributed by atoms with Crippen molar-refractivity contribution in [3.8, 4) is 11.4 Å². The smallest absolute Gasteiger partial charge is 0.138 e. The van der Waals surface area contributed by atoms with Crippen LogP contribution in [0.5, 0.6) is 5.75 Å². The van der Waals surface area contributed by atoms with Crippen molar-refractivity contribution in [1.82, 2.24) is 19.7 Å². The maximum atomic E-state index is 13.1. The van der Waals surface area contributed by atoms with Crippen LogP contribution in [0, 0.1) is 5.82 Å². The van der Waals surface area contributed by atoms with Crippen molar-refractivity contribution in [1.29, 1.82) is 0 Å². The van der Waals surface area contributed by atoms with Crippen LogP contribution in [0.1, 0.15) is 0 Å². The van der Waals surface area contributed by atoms with Crippen molar-refractivity contribution >= 4 is 5.69 Å². The highest BCUT2D eigenvalue weighted by Crippen LogP contribution is 2.18. The van der Waals surface area contributed by atoms with Crippen LogP contribution in [-0.2, 0) is 0 Å². The molecule has 1 unspecified atom stereocenters. The minimum absolute atomic E-state index is 0.219. The fourth-order valence-electron chi connectivity index (χ4n) is 3.42. The van der Waals surface area contributed by atoms with Gasteiger partial charge in [-0.1, -0.05) is 0 Å². The molecule has 2 aromatic carbocycles. The normalized spacial score (nSPS) is 16.0. The van der Waals surface area contributed by atoms with E-state index in [1.807, 2.05) is 36.4 Å². The molecule has 0 radical (unpaired) electrons. The monoisotopic (exact) mass is 397 g/mol. The number of halogens is 1. The number of hydrogen-bond acceptors (Lipinski definition) is 6. The molecule has 0 spiro atoms. The Hall–Kier alpha value is -2.97. The number of nitrogens with zero attached hydrogens (tertiary/aromatic N) is 5. The van der Waals surface area contributed by atoms with Crippen molar-refractivity contribution in [3.05, 3.63) is 67.0 Å². The van der Waals surface area contributed by atoms with E-state index in [-0.39, 0.29) is 12.4 Å². The van der Waals surface area contributed by atoms with Gasteiger partial charge in [-0.25, -0.2) is 14.1 Å². The zero-order chi connectivity index (χ0) is 20.1. The molecule has 1 atom stereocenters. The lowest BCUT2D eigenvalue weighted by atomic mass is 10.2. The number of aromatic nitrogens is 3. The van der Waals surface area contributed by atoms with Gasteiger partial charge in [0.1, 0.15) is 36.9 Å². The number of anilines is 1.